The summed E-state index contributed by atoms with van der Waals surface area (Å²) in [6.07, 6.45) is 6.84. The summed E-state index contributed by atoms with van der Waals surface area (Å²) in [5, 5.41) is 4.16. The van der Waals surface area contributed by atoms with Crippen molar-refractivity contribution in [1.82, 2.24) is 20.3 Å². The number of thiophene rings is 1. The van der Waals surface area contributed by atoms with E-state index in [1.54, 1.807) is 23.7 Å². The predicted molar refractivity (Wildman–Crippen MR) is 123 cm³/mol. The third-order valence-electron chi connectivity index (χ3n) is 5.31. The summed E-state index contributed by atoms with van der Waals surface area (Å²) >= 11 is 1.77. The normalized spacial score (nSPS) is 16.4. The number of nitrogens with zero attached hydrogens (tertiary/aromatic N) is 4. The van der Waals surface area contributed by atoms with E-state index in [1.165, 1.54) is 16.9 Å². The first kappa shape index (κ1) is 20.7. The van der Waals surface area contributed by atoms with Crippen molar-refractivity contribution >= 4 is 33.3 Å². The highest BCUT2D eigenvalue weighted by Crippen LogP contribution is 2.41. The van der Waals surface area contributed by atoms with Crippen molar-refractivity contribution < 1.29 is 4.79 Å². The number of hydrogen-bond donors (Lipinski definition) is 1. The van der Waals surface area contributed by atoms with E-state index in [2.05, 4.69) is 17.2 Å². The van der Waals surface area contributed by atoms with Crippen molar-refractivity contribution in [3.63, 3.8) is 0 Å². The van der Waals surface area contributed by atoms with Crippen LogP contribution in [0.5, 0.6) is 0 Å². The van der Waals surface area contributed by atoms with Crippen molar-refractivity contribution in [2.24, 2.45) is 5.92 Å². The molecule has 3 heterocycles. The van der Waals surface area contributed by atoms with E-state index >= 15 is 0 Å². The van der Waals surface area contributed by atoms with Crippen LogP contribution >= 0.6 is 11.3 Å². The molecule has 0 saturated carbocycles. The lowest BCUT2D eigenvalue weighted by atomic mass is 9.89. The van der Waals surface area contributed by atoms with Gasteiger partial charge in [-0.25, -0.2) is 9.97 Å². The molecular formula is C23H29N5OS. The number of aryl methyl sites for hydroxylation is 1. The third-order valence-corrected chi connectivity index (χ3v) is 6.46. The molecule has 0 bridgehead atoms. The molecule has 1 atom stereocenters. The fourth-order valence-electron chi connectivity index (χ4n) is 3.97. The van der Waals surface area contributed by atoms with Gasteiger partial charge in [-0.05, 0) is 63.6 Å². The SMILES string of the molecule is C[C@H]1CCc2c(sc3nc(-c4cccnc4)nc(N(C)CC(=O)NC(C)(C)C)c23)C1. The topological polar surface area (TPSA) is 71.0 Å². The van der Waals surface area contributed by atoms with E-state index < -0.39 is 0 Å². The Morgan fingerprint density at radius 3 is 2.83 bits per heavy atom. The molecule has 0 spiro atoms. The first-order valence-electron chi connectivity index (χ1n) is 10.5. The zero-order chi connectivity index (χ0) is 21.5. The molecule has 0 unspecified atom stereocenters. The quantitative estimate of drug-likeness (QED) is 0.680. The Hall–Kier alpha value is -2.54. The van der Waals surface area contributed by atoms with Gasteiger partial charge in [0.1, 0.15) is 10.6 Å². The van der Waals surface area contributed by atoms with Crippen molar-refractivity contribution in [1.29, 1.82) is 0 Å². The van der Waals surface area contributed by atoms with Gasteiger partial charge in [0.2, 0.25) is 5.91 Å². The van der Waals surface area contributed by atoms with Crippen LogP contribution in [-0.4, -0.2) is 40.0 Å². The maximum Gasteiger partial charge on any atom is 0.239 e. The Morgan fingerprint density at radius 1 is 1.33 bits per heavy atom. The lowest BCUT2D eigenvalue weighted by Gasteiger charge is -2.25. The molecule has 7 heteroatoms. The number of likely N-dealkylation sites (N-methyl/N-ethyl adjacent to an activating group) is 1. The van der Waals surface area contributed by atoms with E-state index in [4.69, 9.17) is 9.97 Å². The Kier molecular flexibility index (Phi) is 5.49. The van der Waals surface area contributed by atoms with Crippen molar-refractivity contribution in [3.8, 4) is 11.4 Å². The van der Waals surface area contributed by atoms with Crippen LogP contribution in [0.4, 0.5) is 5.82 Å². The van der Waals surface area contributed by atoms with Crippen LogP contribution in [0.3, 0.4) is 0 Å². The Balaban J connectivity index is 1.80. The zero-order valence-electron chi connectivity index (χ0n) is 18.3. The van der Waals surface area contributed by atoms with Crippen molar-refractivity contribution in [2.45, 2.75) is 52.5 Å². The summed E-state index contributed by atoms with van der Waals surface area (Å²) in [6.45, 7) is 8.53. The van der Waals surface area contributed by atoms with Crippen molar-refractivity contribution in [2.75, 3.05) is 18.5 Å². The molecule has 0 aliphatic heterocycles. The average molecular weight is 424 g/mol. The summed E-state index contributed by atoms with van der Waals surface area (Å²) in [6, 6.07) is 3.87. The van der Waals surface area contributed by atoms with Gasteiger partial charge in [0, 0.05) is 35.4 Å². The Labute approximate surface area is 181 Å². The smallest absolute Gasteiger partial charge is 0.239 e. The number of pyridine rings is 1. The number of carbonyl (C=O) groups is 1. The molecule has 1 N–H and O–H groups in total. The van der Waals surface area contributed by atoms with Gasteiger partial charge in [-0.15, -0.1) is 11.3 Å². The van der Waals surface area contributed by atoms with E-state index in [0.29, 0.717) is 11.7 Å². The number of carbonyl (C=O) groups excluding carboxylic acids is 1. The fourth-order valence-corrected chi connectivity index (χ4v) is 5.35. The standard InChI is InChI=1S/C23H29N5OS/c1-14-8-9-16-17(11-14)30-22-19(16)21(28(5)13-18(29)27-23(2,3)4)25-20(26-22)15-7-6-10-24-12-15/h6-7,10,12,14H,8-9,11,13H2,1-5H3,(H,27,29)/t14-/m0/s1. The molecular weight excluding hydrogens is 394 g/mol. The first-order valence-corrected chi connectivity index (χ1v) is 11.3. The summed E-state index contributed by atoms with van der Waals surface area (Å²) in [5.74, 6) is 2.16. The predicted octanol–water partition coefficient (Wildman–Crippen LogP) is 4.23. The van der Waals surface area contributed by atoms with Gasteiger partial charge in [0.05, 0.1) is 11.9 Å². The molecule has 1 aliphatic rings. The van der Waals surface area contributed by atoms with Crippen LogP contribution in [0, 0.1) is 5.92 Å². The number of rotatable bonds is 4. The largest absolute Gasteiger partial charge is 0.350 e. The lowest BCUT2D eigenvalue weighted by molar-refractivity contribution is -0.121. The van der Waals surface area contributed by atoms with Gasteiger partial charge in [0.25, 0.3) is 0 Å². The molecule has 4 rings (SSSR count). The van der Waals surface area contributed by atoms with Gasteiger partial charge in [-0.3, -0.25) is 9.78 Å². The van der Waals surface area contributed by atoms with E-state index in [0.717, 1.165) is 34.4 Å². The van der Waals surface area contributed by atoms with Crippen LogP contribution in [-0.2, 0) is 17.6 Å². The minimum absolute atomic E-state index is 0.0163. The fraction of sp³-hybridized carbons (Fsp3) is 0.478. The molecule has 6 nitrogen and oxygen atoms in total. The van der Waals surface area contributed by atoms with Crippen LogP contribution < -0.4 is 10.2 Å². The molecule has 0 saturated heterocycles. The van der Waals surface area contributed by atoms with E-state index in [1.807, 2.05) is 44.9 Å². The molecule has 3 aromatic heterocycles. The van der Waals surface area contributed by atoms with Gasteiger partial charge >= 0.3 is 0 Å². The highest BCUT2D eigenvalue weighted by molar-refractivity contribution is 7.19. The maximum absolute atomic E-state index is 12.6. The molecule has 0 radical (unpaired) electrons. The molecule has 30 heavy (non-hydrogen) atoms. The van der Waals surface area contributed by atoms with E-state index in [-0.39, 0.29) is 18.0 Å². The van der Waals surface area contributed by atoms with Crippen molar-refractivity contribution in [3.05, 3.63) is 35.0 Å². The number of aromatic nitrogens is 3. The molecule has 3 aromatic rings. The third kappa shape index (κ3) is 4.31. The Bertz CT molecular complexity index is 1070. The molecule has 0 aromatic carbocycles. The van der Waals surface area contributed by atoms with Crippen LogP contribution in [0.1, 0.15) is 44.6 Å². The van der Waals surface area contributed by atoms with Gasteiger partial charge in [-0.2, -0.15) is 0 Å². The monoisotopic (exact) mass is 423 g/mol. The average Bonchev–Trinajstić information content (AvgIpc) is 3.03. The summed E-state index contributed by atoms with van der Waals surface area (Å²) < 4.78 is 0. The number of hydrogen-bond acceptors (Lipinski definition) is 6. The second-order valence-electron chi connectivity index (χ2n) is 9.30. The first-order chi connectivity index (χ1) is 14.2. The van der Waals surface area contributed by atoms with Gasteiger partial charge in [-0.1, -0.05) is 6.92 Å². The van der Waals surface area contributed by atoms with Crippen LogP contribution in [0.2, 0.25) is 0 Å². The minimum Gasteiger partial charge on any atom is -0.350 e. The Morgan fingerprint density at radius 2 is 2.13 bits per heavy atom. The summed E-state index contributed by atoms with van der Waals surface area (Å²) in [5.41, 5.74) is 1.98. The number of amides is 1. The summed E-state index contributed by atoms with van der Waals surface area (Å²) in [4.78, 5) is 31.0. The number of anilines is 1. The second kappa shape index (κ2) is 7.95. The van der Waals surface area contributed by atoms with Gasteiger partial charge in [0.15, 0.2) is 5.82 Å². The zero-order valence-corrected chi connectivity index (χ0v) is 19.1. The molecule has 158 valence electrons. The van der Waals surface area contributed by atoms with E-state index in [9.17, 15) is 4.79 Å². The number of nitrogens with one attached hydrogen (secondary N) is 1. The summed E-state index contributed by atoms with van der Waals surface area (Å²) in [7, 11) is 1.94. The molecule has 1 amide bonds. The molecule has 1 aliphatic carbocycles. The minimum atomic E-state index is -0.266. The highest BCUT2D eigenvalue weighted by Gasteiger charge is 2.26. The maximum atomic E-state index is 12.6. The number of fused-ring (bicyclic) bond motifs is 3. The van der Waals surface area contributed by atoms with Crippen LogP contribution in [0.15, 0.2) is 24.5 Å². The second-order valence-corrected chi connectivity index (χ2v) is 10.4. The highest BCUT2D eigenvalue weighted by atomic mass is 32.1. The van der Waals surface area contributed by atoms with Crippen LogP contribution in [0.25, 0.3) is 21.6 Å². The lowest BCUT2D eigenvalue weighted by Crippen LogP contribution is -2.45. The van der Waals surface area contributed by atoms with Gasteiger partial charge < -0.3 is 10.2 Å². The molecule has 0 fully saturated rings.